The predicted octanol–water partition coefficient (Wildman–Crippen LogP) is 3.91. The van der Waals surface area contributed by atoms with E-state index in [-0.39, 0.29) is 24.1 Å². The predicted molar refractivity (Wildman–Crippen MR) is 130 cm³/mol. The quantitative estimate of drug-likeness (QED) is 0.505. The van der Waals surface area contributed by atoms with Gasteiger partial charge >= 0.3 is 0 Å². The zero-order chi connectivity index (χ0) is 22.8. The second kappa shape index (κ2) is 9.52. The lowest BCUT2D eigenvalue weighted by Gasteiger charge is -2.27. The summed E-state index contributed by atoms with van der Waals surface area (Å²) in [6.45, 7) is 3.14. The van der Waals surface area contributed by atoms with Gasteiger partial charge in [-0.1, -0.05) is 24.2 Å². The summed E-state index contributed by atoms with van der Waals surface area (Å²) in [5, 5.41) is 17.5. The number of hydrogen-bond acceptors (Lipinski definition) is 8. The summed E-state index contributed by atoms with van der Waals surface area (Å²) in [7, 11) is 0. The number of benzene rings is 1. The summed E-state index contributed by atoms with van der Waals surface area (Å²) >= 11 is 1.58. The second-order valence-electron chi connectivity index (χ2n) is 8.84. The van der Waals surface area contributed by atoms with Gasteiger partial charge in [-0.25, -0.2) is 9.97 Å². The first-order valence-electron chi connectivity index (χ1n) is 11.5. The van der Waals surface area contributed by atoms with Crippen LogP contribution in [0.2, 0.25) is 0 Å². The van der Waals surface area contributed by atoms with Gasteiger partial charge in [-0.05, 0) is 37.5 Å². The van der Waals surface area contributed by atoms with Crippen molar-refractivity contribution in [1.29, 1.82) is 0 Å². The minimum atomic E-state index is -0.310. The van der Waals surface area contributed by atoms with Crippen molar-refractivity contribution in [3.63, 3.8) is 0 Å². The number of hydrogen-bond donors (Lipinski definition) is 3. The molecule has 2 fully saturated rings. The van der Waals surface area contributed by atoms with E-state index in [1.165, 1.54) is 0 Å². The lowest BCUT2D eigenvalue weighted by atomic mass is 9.93. The summed E-state index contributed by atoms with van der Waals surface area (Å²) < 4.78 is 7.17. The molecule has 3 aromatic rings. The van der Waals surface area contributed by atoms with Crippen LogP contribution < -0.4 is 20.3 Å². The normalized spacial score (nSPS) is 23.0. The number of nitrogens with zero attached hydrogens (tertiary/aromatic N) is 3. The van der Waals surface area contributed by atoms with Crippen molar-refractivity contribution in [2.75, 3.05) is 23.3 Å². The Morgan fingerprint density at radius 1 is 1.18 bits per heavy atom. The molecule has 8 nitrogen and oxygen atoms in total. The van der Waals surface area contributed by atoms with E-state index < -0.39 is 0 Å². The van der Waals surface area contributed by atoms with Crippen LogP contribution in [0.15, 0.2) is 36.5 Å². The largest absolute Gasteiger partial charge is 0.457 e. The molecule has 33 heavy (non-hydrogen) atoms. The van der Waals surface area contributed by atoms with Crippen molar-refractivity contribution in [3.05, 3.63) is 36.5 Å². The minimum Gasteiger partial charge on any atom is -0.457 e. The van der Waals surface area contributed by atoms with Crippen molar-refractivity contribution in [2.45, 2.75) is 57.2 Å². The number of thiazole rings is 1. The van der Waals surface area contributed by atoms with E-state index in [9.17, 15) is 9.90 Å². The van der Waals surface area contributed by atoms with Gasteiger partial charge in [0.05, 0.1) is 22.4 Å². The Balaban J connectivity index is 1.26. The zero-order valence-corrected chi connectivity index (χ0v) is 19.5. The van der Waals surface area contributed by atoms with Gasteiger partial charge in [-0.2, -0.15) is 0 Å². The molecule has 3 heterocycles. The Morgan fingerprint density at radius 3 is 2.88 bits per heavy atom. The highest BCUT2D eigenvalue weighted by atomic mass is 32.1. The lowest BCUT2D eigenvalue weighted by molar-refractivity contribution is -0.119. The maximum Gasteiger partial charge on any atom is 0.217 e. The molecule has 3 N–H and O–H groups in total. The second-order valence-corrected chi connectivity index (χ2v) is 9.87. The van der Waals surface area contributed by atoms with Crippen LogP contribution in [0.25, 0.3) is 10.2 Å². The number of rotatable bonds is 6. The molecule has 0 unspecified atom stereocenters. The molecule has 1 aromatic carbocycles. The average Bonchev–Trinajstić information content (AvgIpc) is 3.41. The lowest BCUT2D eigenvalue weighted by Crippen LogP contribution is -2.36. The summed E-state index contributed by atoms with van der Waals surface area (Å²) in [5.41, 5.74) is 0.914. The number of pyridine rings is 1. The van der Waals surface area contributed by atoms with Crippen LogP contribution in [-0.4, -0.2) is 52.3 Å². The van der Waals surface area contributed by atoms with Crippen LogP contribution in [-0.2, 0) is 4.79 Å². The first kappa shape index (κ1) is 21.9. The molecule has 0 radical (unpaired) electrons. The van der Waals surface area contributed by atoms with Gasteiger partial charge in [0.2, 0.25) is 5.91 Å². The third kappa shape index (κ3) is 5.20. The Morgan fingerprint density at radius 2 is 2.03 bits per heavy atom. The van der Waals surface area contributed by atoms with Gasteiger partial charge in [0.1, 0.15) is 17.3 Å². The third-order valence-corrected chi connectivity index (χ3v) is 7.22. The minimum absolute atomic E-state index is 0.00127. The van der Waals surface area contributed by atoms with Gasteiger partial charge in [0.15, 0.2) is 5.13 Å². The average molecular weight is 468 g/mol. The van der Waals surface area contributed by atoms with Gasteiger partial charge < -0.3 is 25.4 Å². The first-order valence-corrected chi connectivity index (χ1v) is 12.4. The molecule has 0 spiro atoms. The summed E-state index contributed by atoms with van der Waals surface area (Å²) in [6.07, 6.45) is 6.39. The third-order valence-electron chi connectivity index (χ3n) is 6.27. The fourth-order valence-corrected chi connectivity index (χ4v) is 5.57. The summed E-state index contributed by atoms with van der Waals surface area (Å²) in [4.78, 5) is 22.7. The maximum absolute atomic E-state index is 11.3. The molecule has 0 bridgehead atoms. The van der Waals surface area contributed by atoms with Gasteiger partial charge in [0, 0.05) is 44.4 Å². The number of carbonyl (C=O) groups is 1. The monoisotopic (exact) mass is 467 g/mol. The number of fused-ring (bicyclic) bond motifs is 1. The molecule has 2 aliphatic rings. The van der Waals surface area contributed by atoms with E-state index >= 15 is 0 Å². The number of anilines is 2. The van der Waals surface area contributed by atoms with Crippen molar-refractivity contribution in [1.82, 2.24) is 15.3 Å². The van der Waals surface area contributed by atoms with E-state index in [0.717, 1.165) is 77.9 Å². The fraction of sp³-hybridized carbons (Fsp3) is 0.458. The molecule has 3 atom stereocenters. The van der Waals surface area contributed by atoms with Crippen molar-refractivity contribution < 1.29 is 14.6 Å². The maximum atomic E-state index is 11.3. The van der Waals surface area contributed by atoms with Crippen LogP contribution in [0.4, 0.5) is 10.9 Å². The number of ether oxygens (including phenoxy) is 1. The first-order chi connectivity index (χ1) is 16.0. The van der Waals surface area contributed by atoms with Crippen molar-refractivity contribution in [2.24, 2.45) is 0 Å². The standard InChI is InChI=1S/C24H29N5O3S/c1-15(30)26-16-9-11-29(14-16)23-13-18(8-10-25-23)32-17-6-7-20-22(12-17)33-24(28-20)27-19-4-2-3-5-21(19)31/h6-8,10,12-13,16,19,21,31H,2-5,9,11,14H2,1H3,(H,26,30)(H,27,28)/t16-,19-,21-/m1/s1. The van der Waals surface area contributed by atoms with Crippen LogP contribution in [0, 0.1) is 0 Å². The Kier molecular flexibility index (Phi) is 6.32. The Hall–Kier alpha value is -2.91. The molecular formula is C24H29N5O3S. The van der Waals surface area contributed by atoms with Crippen LogP contribution >= 0.6 is 11.3 Å². The molecule has 1 aliphatic carbocycles. The highest BCUT2D eigenvalue weighted by molar-refractivity contribution is 7.22. The zero-order valence-electron chi connectivity index (χ0n) is 18.7. The summed E-state index contributed by atoms with van der Waals surface area (Å²) in [5.74, 6) is 2.30. The fourth-order valence-electron chi connectivity index (χ4n) is 4.61. The summed E-state index contributed by atoms with van der Waals surface area (Å²) in [6, 6.07) is 9.89. The van der Waals surface area contributed by atoms with Gasteiger partial charge in [-0.15, -0.1) is 0 Å². The number of aromatic nitrogens is 2. The van der Waals surface area contributed by atoms with Crippen molar-refractivity contribution >= 4 is 38.4 Å². The number of nitrogens with one attached hydrogen (secondary N) is 2. The highest BCUT2D eigenvalue weighted by Crippen LogP contribution is 2.33. The molecule has 5 rings (SSSR count). The Labute approximate surface area is 197 Å². The van der Waals surface area contributed by atoms with Crippen LogP contribution in [0.3, 0.4) is 0 Å². The van der Waals surface area contributed by atoms with Gasteiger partial charge in [-0.3, -0.25) is 4.79 Å². The van der Waals surface area contributed by atoms with Crippen molar-refractivity contribution in [3.8, 4) is 11.5 Å². The molecule has 2 aromatic heterocycles. The molecule has 1 amide bonds. The molecule has 9 heteroatoms. The van der Waals surface area contributed by atoms with E-state index in [1.807, 2.05) is 30.3 Å². The highest BCUT2D eigenvalue weighted by Gasteiger charge is 2.25. The smallest absolute Gasteiger partial charge is 0.217 e. The van der Waals surface area contributed by atoms with E-state index in [1.54, 1.807) is 24.5 Å². The molecular weight excluding hydrogens is 438 g/mol. The van der Waals surface area contributed by atoms with Gasteiger partial charge in [0.25, 0.3) is 0 Å². The SMILES string of the molecule is CC(=O)N[C@@H]1CCN(c2cc(Oc3ccc4nc(N[C@@H]5CCCC[C@H]5O)sc4c3)ccn2)C1. The Bertz CT molecular complexity index is 1140. The van der Waals surface area contributed by atoms with Crippen LogP contribution in [0.5, 0.6) is 11.5 Å². The van der Waals surface area contributed by atoms with E-state index in [4.69, 9.17) is 4.74 Å². The molecule has 1 saturated heterocycles. The molecule has 1 aliphatic heterocycles. The number of aliphatic hydroxyl groups excluding tert-OH is 1. The number of carbonyl (C=O) groups excluding carboxylic acids is 1. The number of aliphatic hydroxyl groups is 1. The van der Waals surface area contributed by atoms with Crippen LogP contribution in [0.1, 0.15) is 39.0 Å². The molecule has 174 valence electrons. The number of amides is 1. The van der Waals surface area contributed by atoms with E-state index in [2.05, 4.69) is 25.5 Å². The van der Waals surface area contributed by atoms with E-state index in [0.29, 0.717) is 0 Å². The topological polar surface area (TPSA) is 99.6 Å². The molecule has 1 saturated carbocycles.